The number of hydrogen-bond donors (Lipinski definition) is 2. The van der Waals surface area contributed by atoms with Crippen molar-refractivity contribution in [1.82, 2.24) is 5.32 Å². The lowest BCUT2D eigenvalue weighted by atomic mass is 10.2. The van der Waals surface area contributed by atoms with Gasteiger partial charge in [-0.1, -0.05) is 18.2 Å². The molecule has 0 saturated carbocycles. The molecule has 0 unspecified atom stereocenters. The van der Waals surface area contributed by atoms with E-state index in [-0.39, 0.29) is 12.6 Å². The lowest BCUT2D eigenvalue weighted by Crippen LogP contribution is -2.35. The Labute approximate surface area is 88.9 Å². The van der Waals surface area contributed by atoms with Crippen LogP contribution < -0.4 is 10.1 Å². The van der Waals surface area contributed by atoms with E-state index < -0.39 is 6.09 Å². The highest BCUT2D eigenvalue weighted by Crippen LogP contribution is 2.08. The van der Waals surface area contributed by atoms with E-state index in [4.69, 9.17) is 9.84 Å². The van der Waals surface area contributed by atoms with Gasteiger partial charge in [-0.15, -0.1) is 0 Å². The zero-order valence-corrected chi connectivity index (χ0v) is 8.64. The average Bonchev–Trinajstić information content (AvgIpc) is 2.19. The summed E-state index contributed by atoms with van der Waals surface area (Å²) in [5, 5.41) is 11.3. The predicted molar refractivity (Wildman–Crippen MR) is 56.8 cm³/mol. The molecule has 1 aromatic carbocycles. The van der Waals surface area contributed by atoms with E-state index in [2.05, 4.69) is 5.32 Å². The molecule has 0 spiro atoms. The molecule has 2 N–H and O–H groups in total. The van der Waals surface area contributed by atoms with E-state index in [0.717, 1.165) is 0 Å². The highest BCUT2D eigenvalue weighted by Gasteiger charge is 2.07. The number of hydrogen-bond acceptors (Lipinski definition) is 3. The van der Waals surface area contributed by atoms with Gasteiger partial charge in [0.15, 0.2) is 0 Å². The summed E-state index contributed by atoms with van der Waals surface area (Å²) in [6.45, 7) is 1.86. The minimum absolute atomic E-state index is 0.0484. The Bertz CT molecular complexity index is 300. The first-order chi connectivity index (χ1) is 7.22. The van der Waals surface area contributed by atoms with Crippen molar-refractivity contribution in [1.29, 1.82) is 0 Å². The Morgan fingerprint density at radius 3 is 2.73 bits per heavy atom. The molecular formula is C11H15NO3. The van der Waals surface area contributed by atoms with Crippen LogP contribution in [-0.2, 0) is 0 Å². The van der Waals surface area contributed by atoms with Crippen LogP contribution in [0.4, 0.5) is 4.79 Å². The summed E-state index contributed by atoms with van der Waals surface area (Å²) >= 11 is 0. The normalized spacial score (nSPS) is 11.9. The Morgan fingerprint density at radius 2 is 2.13 bits per heavy atom. The molecule has 0 aliphatic carbocycles. The lowest BCUT2D eigenvalue weighted by Gasteiger charge is -2.12. The quantitative estimate of drug-likeness (QED) is 0.790. The molecule has 82 valence electrons. The number of carbonyl (C=O) groups is 1. The molecule has 0 bridgehead atoms. The highest BCUT2D eigenvalue weighted by atomic mass is 16.6. The Balaban J connectivity index is 2.36. The number of nitrogens with one attached hydrogen (secondary N) is 1. The number of benzene rings is 1. The van der Waals surface area contributed by atoms with Gasteiger partial charge in [-0.05, 0) is 25.5 Å². The fourth-order valence-corrected chi connectivity index (χ4v) is 1.09. The number of aliphatic hydroxyl groups excluding tert-OH is 1. The summed E-state index contributed by atoms with van der Waals surface area (Å²) in [6, 6.07) is 8.75. The van der Waals surface area contributed by atoms with Gasteiger partial charge in [-0.3, -0.25) is 0 Å². The molecule has 0 saturated heterocycles. The molecule has 0 aliphatic heterocycles. The molecule has 1 atom stereocenters. The molecule has 0 heterocycles. The van der Waals surface area contributed by atoms with Crippen LogP contribution in [0.5, 0.6) is 5.75 Å². The second kappa shape index (κ2) is 6.03. The van der Waals surface area contributed by atoms with Crippen LogP contribution in [0.15, 0.2) is 30.3 Å². The summed E-state index contributed by atoms with van der Waals surface area (Å²) in [7, 11) is 0. The molecule has 1 aromatic rings. The smallest absolute Gasteiger partial charge is 0.410 e. The van der Waals surface area contributed by atoms with Crippen LogP contribution in [0.2, 0.25) is 0 Å². The first-order valence-corrected chi connectivity index (χ1v) is 4.86. The van der Waals surface area contributed by atoms with Crippen LogP contribution in [0.3, 0.4) is 0 Å². The van der Waals surface area contributed by atoms with Crippen LogP contribution in [0.1, 0.15) is 13.3 Å². The minimum Gasteiger partial charge on any atom is -0.410 e. The van der Waals surface area contributed by atoms with Crippen molar-refractivity contribution in [3.63, 3.8) is 0 Å². The number of amides is 1. The second-order valence-electron chi connectivity index (χ2n) is 3.26. The van der Waals surface area contributed by atoms with Crippen molar-refractivity contribution in [2.24, 2.45) is 0 Å². The van der Waals surface area contributed by atoms with E-state index in [1.165, 1.54) is 0 Å². The monoisotopic (exact) mass is 209 g/mol. The second-order valence-corrected chi connectivity index (χ2v) is 3.26. The largest absolute Gasteiger partial charge is 0.412 e. The van der Waals surface area contributed by atoms with Crippen molar-refractivity contribution in [3.8, 4) is 5.75 Å². The molecule has 0 aromatic heterocycles. The molecule has 4 nitrogen and oxygen atoms in total. The summed E-state index contributed by atoms with van der Waals surface area (Å²) in [5.41, 5.74) is 0. The van der Waals surface area contributed by atoms with E-state index in [1.807, 2.05) is 13.0 Å². The number of para-hydroxylation sites is 1. The van der Waals surface area contributed by atoms with Crippen molar-refractivity contribution in [2.75, 3.05) is 6.61 Å². The first-order valence-electron chi connectivity index (χ1n) is 4.86. The van der Waals surface area contributed by atoms with Gasteiger partial charge >= 0.3 is 6.09 Å². The van der Waals surface area contributed by atoms with Gasteiger partial charge in [-0.25, -0.2) is 4.79 Å². The molecule has 0 fully saturated rings. The maximum absolute atomic E-state index is 11.3. The van der Waals surface area contributed by atoms with Gasteiger partial charge < -0.3 is 15.2 Å². The van der Waals surface area contributed by atoms with E-state index in [9.17, 15) is 4.79 Å². The van der Waals surface area contributed by atoms with E-state index in [1.54, 1.807) is 24.3 Å². The zero-order chi connectivity index (χ0) is 11.1. The number of carbonyl (C=O) groups excluding carboxylic acids is 1. The number of aliphatic hydroxyl groups is 1. The molecule has 15 heavy (non-hydrogen) atoms. The standard InChI is InChI=1S/C11H15NO3/c1-9(7-8-13)12-11(14)15-10-5-3-2-4-6-10/h2-6,9,13H,7-8H2,1H3,(H,12,14)/t9-/m1/s1. The highest BCUT2D eigenvalue weighted by molar-refractivity contribution is 5.70. The SMILES string of the molecule is C[C@H](CCO)NC(=O)Oc1ccccc1. The third-order valence-electron chi connectivity index (χ3n) is 1.88. The summed E-state index contributed by atoms with van der Waals surface area (Å²) in [4.78, 5) is 11.3. The van der Waals surface area contributed by atoms with Gasteiger partial charge in [0.25, 0.3) is 0 Å². The maximum Gasteiger partial charge on any atom is 0.412 e. The molecule has 1 rings (SSSR count). The van der Waals surface area contributed by atoms with Gasteiger partial charge in [0.2, 0.25) is 0 Å². The van der Waals surface area contributed by atoms with Crippen molar-refractivity contribution >= 4 is 6.09 Å². The molecule has 0 aliphatic rings. The molecule has 1 amide bonds. The Morgan fingerprint density at radius 1 is 1.47 bits per heavy atom. The summed E-state index contributed by atoms with van der Waals surface area (Å²) in [5.74, 6) is 0.506. The average molecular weight is 209 g/mol. The third kappa shape index (κ3) is 4.46. The minimum atomic E-state index is -0.498. The first kappa shape index (κ1) is 11.5. The van der Waals surface area contributed by atoms with E-state index in [0.29, 0.717) is 12.2 Å². The summed E-state index contributed by atoms with van der Waals surface area (Å²) < 4.78 is 5.00. The zero-order valence-electron chi connectivity index (χ0n) is 8.64. The number of ether oxygens (including phenoxy) is 1. The van der Waals surface area contributed by atoms with Crippen molar-refractivity contribution in [2.45, 2.75) is 19.4 Å². The maximum atomic E-state index is 11.3. The topological polar surface area (TPSA) is 58.6 Å². The Hall–Kier alpha value is -1.55. The molecule has 4 heteroatoms. The summed E-state index contributed by atoms with van der Waals surface area (Å²) in [6.07, 6.45) is 0.0197. The van der Waals surface area contributed by atoms with Crippen molar-refractivity contribution < 1.29 is 14.6 Å². The van der Waals surface area contributed by atoms with Gasteiger partial charge in [0.05, 0.1) is 0 Å². The lowest BCUT2D eigenvalue weighted by molar-refractivity contribution is 0.193. The fraction of sp³-hybridized carbons (Fsp3) is 0.364. The molecular weight excluding hydrogens is 194 g/mol. The Kier molecular flexibility index (Phi) is 4.63. The van der Waals surface area contributed by atoms with Gasteiger partial charge in [-0.2, -0.15) is 0 Å². The number of rotatable bonds is 4. The molecule has 0 radical (unpaired) electrons. The predicted octanol–water partition coefficient (Wildman–Crippen LogP) is 1.55. The van der Waals surface area contributed by atoms with Gasteiger partial charge in [0, 0.05) is 12.6 Å². The van der Waals surface area contributed by atoms with Gasteiger partial charge in [0.1, 0.15) is 5.75 Å². The van der Waals surface area contributed by atoms with Crippen molar-refractivity contribution in [3.05, 3.63) is 30.3 Å². The van der Waals surface area contributed by atoms with Crippen LogP contribution in [-0.4, -0.2) is 23.8 Å². The third-order valence-corrected chi connectivity index (χ3v) is 1.88. The van der Waals surface area contributed by atoms with E-state index >= 15 is 0 Å². The fourth-order valence-electron chi connectivity index (χ4n) is 1.09. The van der Waals surface area contributed by atoms with Crippen LogP contribution in [0, 0.1) is 0 Å². The van der Waals surface area contributed by atoms with Crippen LogP contribution >= 0.6 is 0 Å². The van der Waals surface area contributed by atoms with Crippen LogP contribution in [0.25, 0.3) is 0 Å².